The summed E-state index contributed by atoms with van der Waals surface area (Å²) in [5, 5.41) is 0.932. The maximum Gasteiger partial charge on any atom is 0.262 e. The smallest absolute Gasteiger partial charge is 0.262 e. The number of carbonyl (C=O) groups is 1. The Morgan fingerprint density at radius 1 is 1.25 bits per heavy atom. The predicted molar refractivity (Wildman–Crippen MR) is 107 cm³/mol. The molecule has 2 aromatic rings. The van der Waals surface area contributed by atoms with Crippen molar-refractivity contribution in [3.05, 3.63) is 46.3 Å². The van der Waals surface area contributed by atoms with Gasteiger partial charge in [-0.25, -0.2) is 13.4 Å². The van der Waals surface area contributed by atoms with Gasteiger partial charge in [0, 0.05) is 43.3 Å². The van der Waals surface area contributed by atoms with Crippen LogP contribution in [0.3, 0.4) is 0 Å². The van der Waals surface area contributed by atoms with Gasteiger partial charge in [0.25, 0.3) is 10.0 Å². The van der Waals surface area contributed by atoms with Crippen LogP contribution in [0.25, 0.3) is 0 Å². The first kappa shape index (κ1) is 19.9. The molecule has 1 aromatic carbocycles. The van der Waals surface area contributed by atoms with E-state index >= 15 is 0 Å². The molecule has 6 nitrogen and oxygen atoms in total. The molecule has 1 aliphatic carbocycles. The summed E-state index contributed by atoms with van der Waals surface area (Å²) in [5.74, 6) is 0.622. The van der Waals surface area contributed by atoms with Crippen molar-refractivity contribution in [3.63, 3.8) is 0 Å². The van der Waals surface area contributed by atoms with Crippen molar-refractivity contribution in [2.75, 3.05) is 13.1 Å². The normalized spacial score (nSPS) is 25.2. The number of aryl methyl sites for hydroxylation is 1. The molecular weight excluding hydrogens is 421 g/mol. The van der Waals surface area contributed by atoms with E-state index in [4.69, 9.17) is 23.2 Å². The van der Waals surface area contributed by atoms with Crippen molar-refractivity contribution < 1.29 is 13.2 Å². The highest BCUT2D eigenvalue weighted by atomic mass is 35.5. The Bertz CT molecular complexity index is 1020. The Hall–Kier alpha value is -1.41. The van der Waals surface area contributed by atoms with Crippen molar-refractivity contribution in [1.29, 1.82) is 0 Å². The average Bonchev–Trinajstić information content (AvgIpc) is 3.32. The minimum atomic E-state index is -3.59. The third-order valence-corrected chi connectivity index (χ3v) is 8.20. The topological polar surface area (TPSA) is 72.3 Å². The maximum atomic E-state index is 12.9. The van der Waals surface area contributed by atoms with Gasteiger partial charge in [-0.1, -0.05) is 23.2 Å². The van der Waals surface area contributed by atoms with E-state index in [0.29, 0.717) is 35.1 Å². The molecule has 0 radical (unpaired) electrons. The second kappa shape index (κ2) is 7.44. The van der Waals surface area contributed by atoms with Gasteiger partial charge in [-0.05, 0) is 48.8 Å². The Kier molecular flexibility index (Phi) is 5.29. The third kappa shape index (κ3) is 3.61. The minimum absolute atomic E-state index is 0.0154. The predicted octanol–water partition coefficient (Wildman–Crippen LogP) is 3.65. The minimum Gasteiger partial charge on any atom is -0.339 e. The summed E-state index contributed by atoms with van der Waals surface area (Å²) in [4.78, 5) is 16.8. The Balaban J connectivity index is 1.47. The van der Waals surface area contributed by atoms with Crippen molar-refractivity contribution in [2.45, 2.75) is 24.3 Å². The van der Waals surface area contributed by atoms with E-state index in [0.717, 1.165) is 12.8 Å². The molecule has 1 saturated heterocycles. The van der Waals surface area contributed by atoms with E-state index < -0.39 is 10.0 Å². The molecule has 0 bridgehead atoms. The van der Waals surface area contributed by atoms with Crippen LogP contribution in [0.5, 0.6) is 0 Å². The summed E-state index contributed by atoms with van der Waals surface area (Å²) < 4.78 is 28.9. The fourth-order valence-corrected chi connectivity index (χ4v) is 6.52. The van der Waals surface area contributed by atoms with Gasteiger partial charge in [0.1, 0.15) is 0 Å². The molecule has 9 heteroatoms. The first-order valence-electron chi connectivity index (χ1n) is 9.22. The highest BCUT2D eigenvalue weighted by molar-refractivity contribution is 7.89. The lowest BCUT2D eigenvalue weighted by Crippen LogP contribution is -2.31. The SMILES string of the molecule is Cn1cnc(S(=O)(=O)N2CC3CCC(CC(=O)c4ccc(Cl)cc4Cl)C3C2)c1. The molecule has 150 valence electrons. The molecule has 3 atom stereocenters. The molecular formula is C19H21Cl2N3O3S. The quantitative estimate of drug-likeness (QED) is 0.663. The lowest BCUT2D eigenvalue weighted by atomic mass is 9.87. The van der Waals surface area contributed by atoms with E-state index in [9.17, 15) is 13.2 Å². The number of imidazole rings is 1. The van der Waals surface area contributed by atoms with Gasteiger partial charge in [-0.2, -0.15) is 4.31 Å². The monoisotopic (exact) mass is 441 g/mol. The number of nitrogens with zero attached hydrogens (tertiary/aromatic N) is 3. The van der Waals surface area contributed by atoms with Crippen LogP contribution >= 0.6 is 23.2 Å². The molecule has 28 heavy (non-hydrogen) atoms. The zero-order chi connectivity index (χ0) is 20.1. The number of Topliss-reactive ketones (excluding diaryl/α,β-unsaturated/α-hetero) is 1. The van der Waals surface area contributed by atoms with Crippen LogP contribution in [-0.4, -0.2) is 41.1 Å². The average molecular weight is 442 g/mol. The zero-order valence-electron chi connectivity index (χ0n) is 15.4. The fourth-order valence-electron chi connectivity index (χ4n) is 4.50. The van der Waals surface area contributed by atoms with Crippen LogP contribution in [0.2, 0.25) is 10.0 Å². The highest BCUT2D eigenvalue weighted by Crippen LogP contribution is 2.45. The van der Waals surface area contributed by atoms with Crippen molar-refractivity contribution in [1.82, 2.24) is 13.9 Å². The van der Waals surface area contributed by atoms with E-state index in [1.54, 1.807) is 29.8 Å². The molecule has 1 aliphatic heterocycles. The molecule has 0 amide bonds. The summed E-state index contributed by atoms with van der Waals surface area (Å²) in [5.41, 5.74) is 0.477. The number of carbonyl (C=O) groups excluding carboxylic acids is 1. The van der Waals surface area contributed by atoms with E-state index in [1.165, 1.54) is 16.8 Å². The standard InChI is InChI=1S/C19H21Cl2N3O3S/c1-23-10-19(22-11-23)28(26,27)24-8-13-3-2-12(16(13)9-24)6-18(25)15-5-4-14(20)7-17(15)21/h4-5,7,10-13,16H,2-3,6,8-9H2,1H3. The van der Waals surface area contributed by atoms with Crippen LogP contribution < -0.4 is 0 Å². The summed E-state index contributed by atoms with van der Waals surface area (Å²) in [6, 6.07) is 4.89. The molecule has 0 spiro atoms. The summed E-state index contributed by atoms with van der Waals surface area (Å²) in [6.45, 7) is 0.936. The van der Waals surface area contributed by atoms with E-state index in [1.807, 2.05) is 0 Å². The van der Waals surface area contributed by atoms with Gasteiger partial charge in [0.2, 0.25) is 0 Å². The van der Waals surface area contributed by atoms with Crippen LogP contribution in [0.4, 0.5) is 0 Å². The fraction of sp³-hybridized carbons (Fsp3) is 0.474. The zero-order valence-corrected chi connectivity index (χ0v) is 17.7. The van der Waals surface area contributed by atoms with Gasteiger partial charge in [0.05, 0.1) is 11.3 Å². The second-order valence-electron chi connectivity index (χ2n) is 7.71. The lowest BCUT2D eigenvalue weighted by molar-refractivity contribution is 0.0950. The van der Waals surface area contributed by atoms with Crippen LogP contribution in [-0.2, 0) is 17.1 Å². The molecule has 1 saturated carbocycles. The molecule has 0 N–H and O–H groups in total. The second-order valence-corrected chi connectivity index (χ2v) is 10.4. The Morgan fingerprint density at radius 3 is 2.71 bits per heavy atom. The first-order chi connectivity index (χ1) is 13.3. The number of rotatable bonds is 5. The number of fused-ring (bicyclic) bond motifs is 1. The number of benzene rings is 1. The van der Waals surface area contributed by atoms with E-state index in [-0.39, 0.29) is 28.6 Å². The number of hydrogen-bond acceptors (Lipinski definition) is 4. The molecule has 2 heterocycles. The number of hydrogen-bond donors (Lipinski definition) is 0. The van der Waals surface area contributed by atoms with Gasteiger partial charge < -0.3 is 4.57 Å². The Labute approximate surface area is 174 Å². The van der Waals surface area contributed by atoms with Crippen molar-refractivity contribution in [2.24, 2.45) is 24.8 Å². The summed E-state index contributed by atoms with van der Waals surface area (Å²) in [7, 11) is -1.85. The molecule has 2 aliphatic rings. The van der Waals surface area contributed by atoms with Crippen molar-refractivity contribution in [3.8, 4) is 0 Å². The molecule has 4 rings (SSSR count). The summed E-state index contributed by atoms with van der Waals surface area (Å²) in [6.07, 6.45) is 5.25. The lowest BCUT2D eigenvalue weighted by Gasteiger charge is -2.20. The Morgan fingerprint density at radius 2 is 2.04 bits per heavy atom. The highest BCUT2D eigenvalue weighted by Gasteiger charge is 2.47. The van der Waals surface area contributed by atoms with Crippen molar-refractivity contribution >= 4 is 39.0 Å². The largest absolute Gasteiger partial charge is 0.339 e. The number of ketones is 1. The molecule has 1 aromatic heterocycles. The van der Waals surface area contributed by atoms with Crippen LogP contribution in [0.15, 0.2) is 35.7 Å². The number of sulfonamides is 1. The third-order valence-electron chi connectivity index (χ3n) is 5.94. The molecule has 3 unspecified atom stereocenters. The number of aromatic nitrogens is 2. The van der Waals surface area contributed by atoms with Gasteiger partial charge in [0.15, 0.2) is 10.8 Å². The number of halogens is 2. The first-order valence-corrected chi connectivity index (χ1v) is 11.4. The maximum absolute atomic E-state index is 12.9. The van der Waals surface area contributed by atoms with Crippen LogP contribution in [0, 0.1) is 17.8 Å². The van der Waals surface area contributed by atoms with Gasteiger partial charge in [-0.15, -0.1) is 0 Å². The van der Waals surface area contributed by atoms with E-state index in [2.05, 4.69) is 4.98 Å². The van der Waals surface area contributed by atoms with Gasteiger partial charge >= 0.3 is 0 Å². The summed E-state index contributed by atoms with van der Waals surface area (Å²) >= 11 is 12.1. The van der Waals surface area contributed by atoms with Gasteiger partial charge in [-0.3, -0.25) is 4.79 Å². The molecule has 2 fully saturated rings. The van der Waals surface area contributed by atoms with Crippen LogP contribution in [0.1, 0.15) is 29.6 Å².